The summed E-state index contributed by atoms with van der Waals surface area (Å²) in [6.07, 6.45) is 2.16. The van der Waals surface area contributed by atoms with Gasteiger partial charge in [0.05, 0.1) is 0 Å². The summed E-state index contributed by atoms with van der Waals surface area (Å²) in [6, 6.07) is 3.96. The lowest BCUT2D eigenvalue weighted by molar-refractivity contribution is -0.115. The van der Waals surface area contributed by atoms with Crippen molar-refractivity contribution in [1.29, 1.82) is 0 Å². The number of thioether (sulfide) groups is 1. The summed E-state index contributed by atoms with van der Waals surface area (Å²) in [7, 11) is 0. The van der Waals surface area contributed by atoms with E-state index in [1.54, 1.807) is 17.8 Å². The normalized spacial score (nSPS) is 24.3. The summed E-state index contributed by atoms with van der Waals surface area (Å²) in [4.78, 5) is 13.3. The van der Waals surface area contributed by atoms with Crippen LogP contribution in [0.15, 0.2) is 40.1 Å². The average molecular weight is 305 g/mol. The summed E-state index contributed by atoms with van der Waals surface area (Å²) in [5, 5.41) is 3.38. The second kappa shape index (κ2) is 4.70. The largest absolute Gasteiger partial charge is 0.361 e. The van der Waals surface area contributed by atoms with Crippen LogP contribution in [0.1, 0.15) is 30.7 Å². The summed E-state index contributed by atoms with van der Waals surface area (Å²) >= 11 is 1.70. The zero-order valence-corrected chi connectivity index (χ0v) is 12.0. The number of dihydropyridines is 1. The maximum absolute atomic E-state index is 13.6. The predicted octanol–water partition coefficient (Wildman–Crippen LogP) is 3.62. The molecule has 0 spiro atoms. The number of allylic oxidation sites excluding steroid dienone is 4. The molecule has 5 heteroatoms. The Labute approximate surface area is 125 Å². The number of nitrogens with one attached hydrogen (secondary N) is 1. The molecule has 21 heavy (non-hydrogen) atoms. The average Bonchev–Trinajstić information content (AvgIpc) is 3.07. The molecule has 2 heterocycles. The third-order valence-electron chi connectivity index (χ3n) is 4.26. The van der Waals surface area contributed by atoms with Crippen molar-refractivity contribution in [3.8, 4) is 0 Å². The topological polar surface area (TPSA) is 29.1 Å². The summed E-state index contributed by atoms with van der Waals surface area (Å²) in [5.74, 6) is -0.858. The number of hydrogen-bond donors (Lipinski definition) is 1. The van der Waals surface area contributed by atoms with Crippen LogP contribution in [0.3, 0.4) is 0 Å². The van der Waals surface area contributed by atoms with Gasteiger partial charge in [-0.15, -0.1) is 11.8 Å². The molecule has 0 radical (unpaired) electrons. The number of hydrogen-bond acceptors (Lipinski definition) is 3. The molecule has 0 fully saturated rings. The molecule has 108 valence electrons. The second-order valence-electron chi connectivity index (χ2n) is 5.49. The Kier molecular flexibility index (Phi) is 2.92. The molecule has 0 bridgehead atoms. The van der Waals surface area contributed by atoms with Crippen molar-refractivity contribution in [2.45, 2.75) is 25.2 Å². The fourth-order valence-corrected chi connectivity index (χ4v) is 4.59. The first-order valence-electron chi connectivity index (χ1n) is 6.99. The van der Waals surface area contributed by atoms with Gasteiger partial charge in [-0.2, -0.15) is 0 Å². The highest BCUT2D eigenvalue weighted by molar-refractivity contribution is 8.03. The molecule has 1 aromatic carbocycles. The molecule has 0 amide bonds. The van der Waals surface area contributed by atoms with E-state index in [0.29, 0.717) is 12.0 Å². The quantitative estimate of drug-likeness (QED) is 0.859. The van der Waals surface area contributed by atoms with Gasteiger partial charge in [-0.1, -0.05) is 6.07 Å². The summed E-state index contributed by atoms with van der Waals surface area (Å²) < 4.78 is 26.8. The molecule has 0 saturated carbocycles. The Balaban J connectivity index is 1.87. The van der Waals surface area contributed by atoms with E-state index in [0.717, 1.165) is 46.5 Å². The van der Waals surface area contributed by atoms with Gasteiger partial charge in [-0.25, -0.2) is 8.78 Å². The van der Waals surface area contributed by atoms with Crippen LogP contribution in [0.4, 0.5) is 8.78 Å². The molecular formula is C16H13F2NOS. The third kappa shape index (κ3) is 1.94. The smallest absolute Gasteiger partial charge is 0.161 e. The fourth-order valence-electron chi connectivity index (χ4n) is 3.32. The van der Waals surface area contributed by atoms with Crippen LogP contribution in [0.25, 0.3) is 0 Å². The van der Waals surface area contributed by atoms with E-state index < -0.39 is 11.6 Å². The van der Waals surface area contributed by atoms with Gasteiger partial charge in [0.15, 0.2) is 17.4 Å². The maximum atomic E-state index is 13.6. The Morgan fingerprint density at radius 1 is 1.10 bits per heavy atom. The van der Waals surface area contributed by atoms with Gasteiger partial charge in [-0.3, -0.25) is 4.79 Å². The lowest BCUT2D eigenvalue weighted by Crippen LogP contribution is -2.23. The lowest BCUT2D eigenvalue weighted by atomic mass is 9.86. The van der Waals surface area contributed by atoms with Crippen LogP contribution in [-0.4, -0.2) is 11.5 Å². The molecule has 0 saturated heterocycles. The highest BCUT2D eigenvalue weighted by Crippen LogP contribution is 2.50. The Morgan fingerprint density at radius 2 is 1.95 bits per heavy atom. The number of halogens is 2. The molecule has 3 aliphatic rings. The standard InChI is InChI=1S/C16H13F2NOS/c17-9-2-1-8(7-10(9)18)14-15-11(3-4-13(15)20)19-12-5-6-21-16(12)14/h1-2,7,14,19H,3-6H2. The van der Waals surface area contributed by atoms with Gasteiger partial charge in [0, 0.05) is 40.0 Å². The third-order valence-corrected chi connectivity index (χ3v) is 5.47. The number of carbonyl (C=O) groups excluding carboxylic acids is 1. The molecule has 0 aromatic heterocycles. The van der Waals surface area contributed by atoms with Gasteiger partial charge in [-0.05, 0) is 30.5 Å². The Bertz CT molecular complexity index is 723. The van der Waals surface area contributed by atoms with Crippen molar-refractivity contribution in [3.63, 3.8) is 0 Å². The lowest BCUT2D eigenvalue weighted by Gasteiger charge is -2.27. The minimum Gasteiger partial charge on any atom is -0.361 e. The molecule has 1 N–H and O–H groups in total. The Hall–Kier alpha value is -1.62. The molecule has 2 aliphatic heterocycles. The first-order valence-corrected chi connectivity index (χ1v) is 7.98. The molecule has 2 nitrogen and oxygen atoms in total. The minimum absolute atomic E-state index is 0.117. The molecule has 1 aromatic rings. The maximum Gasteiger partial charge on any atom is 0.161 e. The van der Waals surface area contributed by atoms with Gasteiger partial charge in [0.2, 0.25) is 0 Å². The first-order chi connectivity index (χ1) is 10.1. The highest BCUT2D eigenvalue weighted by Gasteiger charge is 2.39. The van der Waals surface area contributed by atoms with Gasteiger partial charge in [0.1, 0.15) is 0 Å². The number of Topliss-reactive ketones (excluding diaryl/α,β-unsaturated/α-hetero) is 1. The number of rotatable bonds is 1. The van der Waals surface area contributed by atoms with Gasteiger partial charge < -0.3 is 5.32 Å². The summed E-state index contributed by atoms with van der Waals surface area (Å²) in [6.45, 7) is 0. The van der Waals surface area contributed by atoms with Crippen molar-refractivity contribution in [1.82, 2.24) is 5.32 Å². The zero-order valence-electron chi connectivity index (χ0n) is 11.2. The van der Waals surface area contributed by atoms with Crippen molar-refractivity contribution < 1.29 is 13.6 Å². The van der Waals surface area contributed by atoms with Crippen molar-refractivity contribution in [3.05, 3.63) is 57.3 Å². The van der Waals surface area contributed by atoms with Crippen LogP contribution in [-0.2, 0) is 4.79 Å². The van der Waals surface area contributed by atoms with Crippen molar-refractivity contribution in [2.24, 2.45) is 0 Å². The van der Waals surface area contributed by atoms with E-state index in [1.807, 2.05) is 0 Å². The second-order valence-corrected chi connectivity index (χ2v) is 6.62. The molecule has 4 rings (SSSR count). The molecule has 1 atom stereocenters. The van der Waals surface area contributed by atoms with E-state index in [-0.39, 0.29) is 11.7 Å². The van der Waals surface area contributed by atoms with Crippen LogP contribution in [0.5, 0.6) is 0 Å². The van der Waals surface area contributed by atoms with E-state index in [1.165, 1.54) is 6.07 Å². The van der Waals surface area contributed by atoms with Gasteiger partial charge >= 0.3 is 0 Å². The molecule has 1 unspecified atom stereocenters. The van der Waals surface area contributed by atoms with E-state index in [2.05, 4.69) is 5.32 Å². The zero-order chi connectivity index (χ0) is 14.6. The van der Waals surface area contributed by atoms with E-state index in [4.69, 9.17) is 0 Å². The van der Waals surface area contributed by atoms with Crippen LogP contribution >= 0.6 is 11.8 Å². The minimum atomic E-state index is -0.858. The first kappa shape index (κ1) is 13.1. The number of carbonyl (C=O) groups is 1. The number of ketones is 1. The summed E-state index contributed by atoms with van der Waals surface area (Å²) in [5.41, 5.74) is 3.52. The Morgan fingerprint density at radius 3 is 2.76 bits per heavy atom. The van der Waals surface area contributed by atoms with E-state index >= 15 is 0 Å². The van der Waals surface area contributed by atoms with Crippen LogP contribution in [0.2, 0.25) is 0 Å². The van der Waals surface area contributed by atoms with Crippen molar-refractivity contribution >= 4 is 17.5 Å². The highest BCUT2D eigenvalue weighted by atomic mass is 32.2. The number of benzene rings is 1. The van der Waals surface area contributed by atoms with Crippen LogP contribution in [0, 0.1) is 11.6 Å². The fraction of sp³-hybridized carbons (Fsp3) is 0.312. The van der Waals surface area contributed by atoms with E-state index in [9.17, 15) is 13.6 Å². The monoisotopic (exact) mass is 305 g/mol. The predicted molar refractivity (Wildman–Crippen MR) is 77.6 cm³/mol. The van der Waals surface area contributed by atoms with Crippen LogP contribution < -0.4 is 5.32 Å². The molecule has 1 aliphatic carbocycles. The molecular weight excluding hydrogens is 292 g/mol. The SMILES string of the molecule is O=C1CCC2=C1C(c1ccc(F)c(F)c1)C1=C(CCS1)N2. The van der Waals surface area contributed by atoms with Gasteiger partial charge in [0.25, 0.3) is 0 Å². The van der Waals surface area contributed by atoms with Crippen molar-refractivity contribution in [2.75, 3.05) is 5.75 Å².